The van der Waals surface area contributed by atoms with E-state index < -0.39 is 5.83 Å². The van der Waals surface area contributed by atoms with E-state index in [4.69, 9.17) is 0 Å². The van der Waals surface area contributed by atoms with Gasteiger partial charge in [-0.1, -0.05) is 13.2 Å². The van der Waals surface area contributed by atoms with E-state index in [0.29, 0.717) is 11.6 Å². The first-order valence-electron chi connectivity index (χ1n) is 5.16. The van der Waals surface area contributed by atoms with E-state index in [-0.39, 0.29) is 0 Å². The van der Waals surface area contributed by atoms with Crippen molar-refractivity contribution in [2.45, 2.75) is 6.42 Å². The van der Waals surface area contributed by atoms with Crippen LogP contribution in [0.25, 0.3) is 0 Å². The van der Waals surface area contributed by atoms with Crippen molar-refractivity contribution in [3.8, 4) is 0 Å². The van der Waals surface area contributed by atoms with Crippen LogP contribution in [-0.2, 0) is 0 Å². The normalized spacial score (nSPS) is 22.9. The summed E-state index contributed by atoms with van der Waals surface area (Å²) < 4.78 is 12.9. The highest BCUT2D eigenvalue weighted by Crippen LogP contribution is 2.23. The zero-order valence-corrected chi connectivity index (χ0v) is 9.52. The average Bonchev–Trinajstić information content (AvgIpc) is 2.60. The van der Waals surface area contributed by atoms with Crippen molar-refractivity contribution < 1.29 is 4.39 Å². The first kappa shape index (κ1) is 12.0. The number of hydrogen-bond acceptors (Lipinski definition) is 2. The van der Waals surface area contributed by atoms with E-state index in [1.807, 2.05) is 0 Å². The van der Waals surface area contributed by atoms with Gasteiger partial charge in [0.05, 0.1) is 5.70 Å². The van der Waals surface area contributed by atoms with Gasteiger partial charge in [-0.3, -0.25) is 0 Å². The predicted octanol–water partition coefficient (Wildman–Crippen LogP) is 2.08. The summed E-state index contributed by atoms with van der Waals surface area (Å²) in [6, 6.07) is 0. The molecule has 1 unspecified atom stereocenters. The number of allylic oxidation sites excluding steroid dienone is 2. The Labute approximate surface area is 91.2 Å². The standard InChI is InChI=1S/C12H19FN2/c1-9(7-12(14-3)10(2)13)11-5-6-15(4)8-11/h7,11,14H,1-2,5-6,8H2,3-4H3/b12-7-. The number of hydrogen-bond donors (Lipinski definition) is 1. The van der Waals surface area contributed by atoms with Gasteiger partial charge in [0, 0.05) is 13.6 Å². The van der Waals surface area contributed by atoms with Crippen molar-refractivity contribution in [3.63, 3.8) is 0 Å². The third kappa shape index (κ3) is 3.20. The molecule has 1 N–H and O–H groups in total. The SMILES string of the molecule is C=C(F)/C(=C/C(=C)C1CCN(C)C1)NC. The molecule has 0 amide bonds. The Morgan fingerprint density at radius 3 is 2.60 bits per heavy atom. The number of nitrogens with zero attached hydrogens (tertiary/aromatic N) is 1. The van der Waals surface area contributed by atoms with E-state index in [2.05, 4.69) is 30.4 Å². The maximum absolute atomic E-state index is 12.9. The van der Waals surface area contributed by atoms with Crippen molar-refractivity contribution in [3.05, 3.63) is 36.3 Å². The van der Waals surface area contributed by atoms with E-state index in [9.17, 15) is 4.39 Å². The molecule has 1 aliphatic rings. The third-order valence-electron chi connectivity index (χ3n) is 2.81. The van der Waals surface area contributed by atoms with Crippen LogP contribution in [0.1, 0.15) is 6.42 Å². The van der Waals surface area contributed by atoms with Crippen LogP contribution < -0.4 is 5.32 Å². The Morgan fingerprint density at radius 2 is 2.20 bits per heavy atom. The van der Waals surface area contributed by atoms with Crippen molar-refractivity contribution in [1.29, 1.82) is 0 Å². The van der Waals surface area contributed by atoms with Gasteiger partial charge in [0.15, 0.2) is 0 Å². The summed E-state index contributed by atoms with van der Waals surface area (Å²) in [6.45, 7) is 9.35. The molecule has 84 valence electrons. The van der Waals surface area contributed by atoms with E-state index in [1.54, 1.807) is 13.1 Å². The minimum atomic E-state index is -0.440. The van der Waals surface area contributed by atoms with Crippen LogP contribution in [0.5, 0.6) is 0 Å². The minimum absolute atomic E-state index is 0.426. The van der Waals surface area contributed by atoms with Crippen molar-refractivity contribution >= 4 is 0 Å². The Kier molecular flexibility index (Phi) is 4.09. The maximum Gasteiger partial charge on any atom is 0.139 e. The van der Waals surface area contributed by atoms with Gasteiger partial charge < -0.3 is 10.2 Å². The molecule has 2 nitrogen and oxygen atoms in total. The fourth-order valence-electron chi connectivity index (χ4n) is 1.83. The summed E-state index contributed by atoms with van der Waals surface area (Å²) in [7, 11) is 3.77. The number of likely N-dealkylation sites (tertiary alicyclic amines) is 1. The highest BCUT2D eigenvalue weighted by molar-refractivity contribution is 5.31. The van der Waals surface area contributed by atoms with Gasteiger partial charge in [0.25, 0.3) is 0 Å². The first-order valence-corrected chi connectivity index (χ1v) is 5.16. The smallest absolute Gasteiger partial charge is 0.139 e. The van der Waals surface area contributed by atoms with Crippen LogP contribution in [-0.4, -0.2) is 32.1 Å². The van der Waals surface area contributed by atoms with Gasteiger partial charge in [-0.25, -0.2) is 4.39 Å². The van der Waals surface area contributed by atoms with Gasteiger partial charge in [-0.15, -0.1) is 0 Å². The topological polar surface area (TPSA) is 15.3 Å². The molecular weight excluding hydrogens is 191 g/mol. The molecule has 0 spiro atoms. The molecule has 0 aromatic heterocycles. The van der Waals surface area contributed by atoms with Gasteiger partial charge in [0.2, 0.25) is 0 Å². The molecule has 3 heteroatoms. The van der Waals surface area contributed by atoms with Crippen molar-refractivity contribution in [1.82, 2.24) is 10.2 Å². The zero-order valence-electron chi connectivity index (χ0n) is 9.52. The lowest BCUT2D eigenvalue weighted by atomic mass is 9.99. The van der Waals surface area contributed by atoms with Crippen LogP contribution in [0.4, 0.5) is 4.39 Å². The lowest BCUT2D eigenvalue weighted by molar-refractivity contribution is 0.406. The lowest BCUT2D eigenvalue weighted by Crippen LogP contribution is -2.15. The molecule has 0 aliphatic carbocycles. The summed E-state index contributed by atoms with van der Waals surface area (Å²) in [5.74, 6) is 0.00250. The number of halogens is 1. The van der Waals surface area contributed by atoms with Crippen LogP contribution in [0, 0.1) is 5.92 Å². The molecule has 0 aromatic carbocycles. The van der Waals surface area contributed by atoms with Crippen LogP contribution in [0.3, 0.4) is 0 Å². The molecule has 0 aromatic rings. The molecule has 1 aliphatic heterocycles. The largest absolute Gasteiger partial charge is 0.386 e. The highest BCUT2D eigenvalue weighted by atomic mass is 19.1. The van der Waals surface area contributed by atoms with E-state index >= 15 is 0 Å². The second-order valence-corrected chi connectivity index (χ2v) is 4.04. The van der Waals surface area contributed by atoms with Gasteiger partial charge in [-0.05, 0) is 37.6 Å². The second-order valence-electron chi connectivity index (χ2n) is 4.04. The maximum atomic E-state index is 12.9. The summed E-state index contributed by atoms with van der Waals surface area (Å²) in [5, 5.41) is 2.78. The summed E-state index contributed by atoms with van der Waals surface area (Å²) >= 11 is 0. The van der Waals surface area contributed by atoms with Gasteiger partial charge >= 0.3 is 0 Å². The number of nitrogens with one attached hydrogen (secondary N) is 1. The first-order chi connectivity index (χ1) is 7.04. The molecule has 1 atom stereocenters. The average molecular weight is 210 g/mol. The Bertz CT molecular complexity index is 294. The fraction of sp³-hybridized carbons (Fsp3) is 0.500. The Hall–Kier alpha value is -1.09. The minimum Gasteiger partial charge on any atom is -0.386 e. The quantitative estimate of drug-likeness (QED) is 0.715. The molecule has 0 radical (unpaired) electrons. The molecule has 0 bridgehead atoms. The van der Waals surface area contributed by atoms with Gasteiger partial charge in [0.1, 0.15) is 5.83 Å². The molecule has 15 heavy (non-hydrogen) atoms. The molecule has 1 rings (SSSR count). The van der Waals surface area contributed by atoms with Crippen LogP contribution in [0.2, 0.25) is 0 Å². The summed E-state index contributed by atoms with van der Waals surface area (Å²) in [6.07, 6.45) is 2.85. The predicted molar refractivity (Wildman–Crippen MR) is 62.1 cm³/mol. The molecule has 1 saturated heterocycles. The zero-order chi connectivity index (χ0) is 11.4. The van der Waals surface area contributed by atoms with Crippen molar-refractivity contribution in [2.75, 3.05) is 27.2 Å². The molecular formula is C12H19FN2. The van der Waals surface area contributed by atoms with E-state index in [0.717, 1.165) is 25.1 Å². The summed E-state index contributed by atoms with van der Waals surface area (Å²) in [5.41, 5.74) is 1.40. The Morgan fingerprint density at radius 1 is 1.53 bits per heavy atom. The van der Waals surface area contributed by atoms with Crippen LogP contribution >= 0.6 is 0 Å². The second kappa shape index (κ2) is 5.12. The molecule has 1 heterocycles. The molecule has 0 saturated carbocycles. The monoisotopic (exact) mass is 210 g/mol. The third-order valence-corrected chi connectivity index (χ3v) is 2.81. The van der Waals surface area contributed by atoms with Crippen LogP contribution in [0.15, 0.2) is 36.3 Å². The Balaban J connectivity index is 2.64. The molecule has 1 fully saturated rings. The van der Waals surface area contributed by atoms with Crippen molar-refractivity contribution in [2.24, 2.45) is 5.92 Å². The highest BCUT2D eigenvalue weighted by Gasteiger charge is 2.21. The lowest BCUT2D eigenvalue weighted by Gasteiger charge is -2.12. The van der Waals surface area contributed by atoms with E-state index in [1.165, 1.54) is 0 Å². The fourth-order valence-corrected chi connectivity index (χ4v) is 1.83. The van der Waals surface area contributed by atoms with Gasteiger partial charge in [-0.2, -0.15) is 0 Å². The summed E-state index contributed by atoms with van der Waals surface area (Å²) in [4.78, 5) is 2.26. The number of likely N-dealkylation sites (N-methyl/N-ethyl adjacent to an activating group) is 1. The number of rotatable bonds is 4.